The van der Waals surface area contributed by atoms with E-state index in [0.29, 0.717) is 36.8 Å². The number of fused-ring (bicyclic) bond motifs is 4. The lowest BCUT2D eigenvalue weighted by Gasteiger charge is -2.25. The minimum atomic E-state index is -3.54. The molecule has 1 aliphatic rings. The molecule has 8 nitrogen and oxygen atoms in total. The molecule has 0 fully saturated rings. The number of nitrogens with zero attached hydrogens (tertiary/aromatic N) is 2. The van der Waals surface area contributed by atoms with Crippen LogP contribution in [-0.2, 0) is 21.4 Å². The molecule has 9 heteroatoms. The van der Waals surface area contributed by atoms with Gasteiger partial charge in [0.25, 0.3) is 0 Å². The summed E-state index contributed by atoms with van der Waals surface area (Å²) in [4.78, 5) is 12.7. The van der Waals surface area contributed by atoms with Crippen LogP contribution < -0.4 is 19.1 Å². The van der Waals surface area contributed by atoms with Crippen molar-refractivity contribution in [2.75, 3.05) is 35.6 Å². The summed E-state index contributed by atoms with van der Waals surface area (Å²) >= 11 is 0. The highest BCUT2D eigenvalue weighted by Crippen LogP contribution is 2.35. The number of anilines is 2. The van der Waals surface area contributed by atoms with Gasteiger partial charge in [0.15, 0.2) is 11.5 Å². The number of aromatic nitrogens is 1. The Kier molecular flexibility index (Phi) is 6.49. The lowest BCUT2D eigenvalue weighted by molar-refractivity contribution is -0.116. The van der Waals surface area contributed by atoms with E-state index in [1.807, 2.05) is 30.3 Å². The molecule has 188 valence electrons. The molecule has 1 aromatic heterocycles. The second-order valence-corrected chi connectivity index (χ2v) is 10.7. The predicted octanol–water partition coefficient (Wildman–Crippen LogP) is 4.77. The Bertz CT molecular complexity index is 1540. The third-order valence-electron chi connectivity index (χ3n) is 6.35. The van der Waals surface area contributed by atoms with E-state index in [-0.39, 0.29) is 18.9 Å². The van der Waals surface area contributed by atoms with Crippen LogP contribution >= 0.6 is 0 Å². The van der Waals surface area contributed by atoms with Gasteiger partial charge in [0, 0.05) is 53.1 Å². The number of hydrogen-bond donors (Lipinski definition) is 1. The maximum absolute atomic E-state index is 12.7. The number of sulfonamides is 1. The number of hydrogen-bond acceptors (Lipinski definition) is 5. The molecule has 0 saturated carbocycles. The summed E-state index contributed by atoms with van der Waals surface area (Å²) in [6.07, 6.45) is 1.71. The van der Waals surface area contributed by atoms with Gasteiger partial charge in [0.1, 0.15) is 13.2 Å². The Hall–Kier alpha value is -3.72. The molecule has 2 heterocycles. The fraction of sp³-hybridized carbons (Fsp3) is 0.296. The fourth-order valence-corrected chi connectivity index (χ4v) is 5.71. The van der Waals surface area contributed by atoms with E-state index >= 15 is 0 Å². The molecular weight excluding hydrogens is 478 g/mol. The van der Waals surface area contributed by atoms with Crippen molar-refractivity contribution in [3.63, 3.8) is 0 Å². The number of aryl methyl sites for hydroxylation is 1. The summed E-state index contributed by atoms with van der Waals surface area (Å²) in [5.74, 6) is 0.950. The van der Waals surface area contributed by atoms with Gasteiger partial charge in [-0.15, -0.1) is 0 Å². The first-order chi connectivity index (χ1) is 17.3. The first kappa shape index (κ1) is 24.0. The van der Waals surface area contributed by atoms with Crippen molar-refractivity contribution in [2.24, 2.45) is 0 Å². The van der Waals surface area contributed by atoms with Crippen molar-refractivity contribution < 1.29 is 22.7 Å². The third kappa shape index (κ3) is 4.70. The van der Waals surface area contributed by atoms with Crippen molar-refractivity contribution >= 4 is 49.1 Å². The number of rotatable bonds is 8. The number of carbonyl (C=O) groups is 1. The minimum Gasteiger partial charge on any atom is -0.486 e. The topological polar surface area (TPSA) is 89.9 Å². The van der Waals surface area contributed by atoms with Crippen molar-refractivity contribution in [2.45, 2.75) is 26.3 Å². The monoisotopic (exact) mass is 507 g/mol. The molecule has 0 unspecified atom stereocenters. The smallest absolute Gasteiger partial charge is 0.232 e. The Morgan fingerprint density at radius 1 is 0.972 bits per heavy atom. The first-order valence-corrected chi connectivity index (χ1v) is 13.9. The molecule has 0 aliphatic carbocycles. The second-order valence-electron chi connectivity index (χ2n) is 8.81. The van der Waals surface area contributed by atoms with Crippen LogP contribution in [0.2, 0.25) is 0 Å². The molecule has 3 aromatic carbocycles. The van der Waals surface area contributed by atoms with E-state index in [1.54, 1.807) is 18.2 Å². The van der Waals surface area contributed by atoms with Crippen LogP contribution in [0.25, 0.3) is 21.8 Å². The van der Waals surface area contributed by atoms with Crippen LogP contribution in [0.5, 0.6) is 11.5 Å². The van der Waals surface area contributed by atoms with Crippen LogP contribution in [0, 0.1) is 0 Å². The maximum atomic E-state index is 12.7. The van der Waals surface area contributed by atoms with Crippen molar-refractivity contribution in [3.8, 4) is 11.5 Å². The number of amides is 1. The molecule has 5 rings (SSSR count). The molecule has 0 bridgehead atoms. The third-order valence-corrected chi connectivity index (χ3v) is 7.55. The van der Waals surface area contributed by atoms with E-state index < -0.39 is 10.0 Å². The quantitative estimate of drug-likeness (QED) is 0.371. The average Bonchev–Trinajstić information content (AvgIpc) is 3.18. The zero-order valence-electron chi connectivity index (χ0n) is 20.4. The summed E-state index contributed by atoms with van der Waals surface area (Å²) in [6.45, 7) is 4.03. The van der Waals surface area contributed by atoms with Gasteiger partial charge >= 0.3 is 0 Å². The molecule has 1 amide bonds. The Morgan fingerprint density at radius 2 is 1.72 bits per heavy atom. The highest BCUT2D eigenvalue weighted by molar-refractivity contribution is 7.92. The van der Waals surface area contributed by atoms with E-state index in [1.165, 1.54) is 9.82 Å². The van der Waals surface area contributed by atoms with Gasteiger partial charge in [0.2, 0.25) is 15.9 Å². The summed E-state index contributed by atoms with van der Waals surface area (Å²) in [7, 11) is -3.54. The van der Waals surface area contributed by atoms with E-state index in [2.05, 4.69) is 28.9 Å². The predicted molar refractivity (Wildman–Crippen MR) is 143 cm³/mol. The largest absolute Gasteiger partial charge is 0.486 e. The Labute approximate surface area is 210 Å². The van der Waals surface area contributed by atoms with Gasteiger partial charge < -0.3 is 19.4 Å². The molecule has 0 spiro atoms. The summed E-state index contributed by atoms with van der Waals surface area (Å²) < 4.78 is 39.6. The molecule has 0 saturated heterocycles. The molecule has 1 N–H and O–H groups in total. The molecule has 0 radical (unpaired) electrons. The van der Waals surface area contributed by atoms with E-state index in [0.717, 1.165) is 34.8 Å². The molecule has 0 atom stereocenters. The number of carbonyl (C=O) groups excluding carboxylic acids is 1. The van der Waals surface area contributed by atoms with Crippen LogP contribution in [-0.4, -0.2) is 44.9 Å². The van der Waals surface area contributed by atoms with Gasteiger partial charge in [-0.05, 0) is 49.7 Å². The number of para-hydroxylation sites is 1. The summed E-state index contributed by atoms with van der Waals surface area (Å²) in [6, 6.07) is 19.2. The Balaban J connectivity index is 1.27. The number of nitrogens with one attached hydrogen (secondary N) is 1. The summed E-state index contributed by atoms with van der Waals surface area (Å²) in [5, 5.41) is 5.20. The van der Waals surface area contributed by atoms with Crippen LogP contribution in [0.4, 0.5) is 11.4 Å². The first-order valence-electron chi connectivity index (χ1n) is 12.0. The van der Waals surface area contributed by atoms with Gasteiger partial charge in [-0.2, -0.15) is 0 Å². The highest BCUT2D eigenvalue weighted by atomic mass is 32.2. The van der Waals surface area contributed by atoms with Crippen molar-refractivity contribution in [1.29, 1.82) is 0 Å². The van der Waals surface area contributed by atoms with Crippen molar-refractivity contribution in [1.82, 2.24) is 4.57 Å². The lowest BCUT2D eigenvalue weighted by atomic mass is 10.1. The second kappa shape index (κ2) is 9.73. The molecule has 1 aliphatic heterocycles. The number of ether oxygens (including phenoxy) is 2. The molecule has 36 heavy (non-hydrogen) atoms. The van der Waals surface area contributed by atoms with Crippen LogP contribution in [0.3, 0.4) is 0 Å². The van der Waals surface area contributed by atoms with Crippen LogP contribution in [0.1, 0.15) is 19.8 Å². The SMILES string of the molecule is CCn1c2ccccc2c2cc(NC(=O)CCCN(c3ccc4c(c3)OCCO4)S(C)(=O)=O)ccc21. The van der Waals surface area contributed by atoms with Crippen molar-refractivity contribution in [3.05, 3.63) is 60.7 Å². The highest BCUT2D eigenvalue weighted by Gasteiger charge is 2.21. The lowest BCUT2D eigenvalue weighted by Crippen LogP contribution is -2.31. The van der Waals surface area contributed by atoms with Crippen LogP contribution in [0.15, 0.2) is 60.7 Å². The standard InChI is InChI=1S/C27H29N3O5S/c1-3-29-23-8-5-4-7-21(23)22-17-19(10-12-24(22)29)28-27(31)9-6-14-30(36(2,32)33)20-11-13-25-26(18-20)35-16-15-34-25/h4-5,7-8,10-13,17-18H,3,6,9,14-16H2,1-2H3,(H,28,31). The fourth-order valence-electron chi connectivity index (χ4n) is 4.75. The van der Waals surface area contributed by atoms with Gasteiger partial charge in [-0.25, -0.2) is 8.42 Å². The molecule has 4 aromatic rings. The average molecular weight is 508 g/mol. The van der Waals surface area contributed by atoms with E-state index in [9.17, 15) is 13.2 Å². The zero-order valence-corrected chi connectivity index (χ0v) is 21.2. The van der Waals surface area contributed by atoms with Gasteiger partial charge in [0.05, 0.1) is 11.9 Å². The van der Waals surface area contributed by atoms with E-state index in [4.69, 9.17) is 9.47 Å². The van der Waals surface area contributed by atoms with Gasteiger partial charge in [-0.1, -0.05) is 18.2 Å². The summed E-state index contributed by atoms with van der Waals surface area (Å²) in [5.41, 5.74) is 3.50. The zero-order chi connectivity index (χ0) is 25.3. The number of benzene rings is 3. The normalized spacial score (nSPS) is 13.2. The Morgan fingerprint density at radius 3 is 2.50 bits per heavy atom. The maximum Gasteiger partial charge on any atom is 0.232 e. The molecular formula is C27H29N3O5S. The minimum absolute atomic E-state index is 0.163. The van der Waals surface area contributed by atoms with Gasteiger partial charge in [-0.3, -0.25) is 9.10 Å².